The van der Waals surface area contributed by atoms with Crippen LogP contribution < -0.4 is 10.6 Å². The molecule has 0 aromatic heterocycles. The number of benzene rings is 2. The van der Waals surface area contributed by atoms with Gasteiger partial charge in [-0.1, -0.05) is 73.5 Å². The van der Waals surface area contributed by atoms with E-state index < -0.39 is 0 Å². The third kappa shape index (κ3) is 10.7. The summed E-state index contributed by atoms with van der Waals surface area (Å²) in [6.07, 6.45) is 5.17. The molecule has 4 heteroatoms. The molecule has 0 saturated heterocycles. The second-order valence-corrected chi connectivity index (χ2v) is 5.74. The lowest BCUT2D eigenvalue weighted by atomic mass is 10.2. The SMILES string of the molecule is Cl.Cl.c1ccc(CNCCCCCCNCc2ccccc2)cc1. The fourth-order valence-electron chi connectivity index (χ4n) is 2.51. The van der Waals surface area contributed by atoms with Gasteiger partial charge < -0.3 is 10.6 Å². The Labute approximate surface area is 159 Å². The Bertz CT molecular complexity index is 444. The molecule has 2 rings (SSSR count). The normalized spacial score (nSPS) is 9.83. The second kappa shape index (κ2) is 15.5. The van der Waals surface area contributed by atoms with Crippen molar-refractivity contribution in [1.29, 1.82) is 0 Å². The van der Waals surface area contributed by atoms with E-state index in [0.717, 1.165) is 26.2 Å². The van der Waals surface area contributed by atoms with Crippen LogP contribution in [0.1, 0.15) is 36.8 Å². The predicted octanol–water partition coefficient (Wildman–Crippen LogP) is 4.97. The van der Waals surface area contributed by atoms with Gasteiger partial charge in [0.25, 0.3) is 0 Å². The molecule has 0 spiro atoms. The van der Waals surface area contributed by atoms with Crippen LogP contribution in [0.2, 0.25) is 0 Å². The summed E-state index contributed by atoms with van der Waals surface area (Å²) in [5.74, 6) is 0. The van der Waals surface area contributed by atoms with Crippen molar-refractivity contribution in [3.63, 3.8) is 0 Å². The lowest BCUT2D eigenvalue weighted by molar-refractivity contribution is 0.563. The van der Waals surface area contributed by atoms with Crippen molar-refractivity contribution in [3.05, 3.63) is 71.8 Å². The number of rotatable bonds is 11. The molecule has 0 aliphatic heterocycles. The highest BCUT2D eigenvalue weighted by Gasteiger charge is 1.94. The molecule has 0 amide bonds. The van der Waals surface area contributed by atoms with E-state index in [9.17, 15) is 0 Å². The Kier molecular flexibility index (Phi) is 14.8. The van der Waals surface area contributed by atoms with Gasteiger partial charge in [-0.25, -0.2) is 0 Å². The van der Waals surface area contributed by atoms with Gasteiger partial charge in [-0.2, -0.15) is 0 Å². The average molecular weight is 369 g/mol. The summed E-state index contributed by atoms with van der Waals surface area (Å²) in [6, 6.07) is 21.2. The largest absolute Gasteiger partial charge is 0.313 e. The van der Waals surface area contributed by atoms with Crippen molar-refractivity contribution >= 4 is 24.8 Å². The molecule has 0 radical (unpaired) electrons. The smallest absolute Gasteiger partial charge is 0.0205 e. The van der Waals surface area contributed by atoms with E-state index in [-0.39, 0.29) is 24.8 Å². The molecule has 0 bridgehead atoms. The first-order chi connectivity index (χ1) is 10.9. The van der Waals surface area contributed by atoms with Crippen molar-refractivity contribution in [2.45, 2.75) is 38.8 Å². The summed E-state index contributed by atoms with van der Waals surface area (Å²) in [7, 11) is 0. The topological polar surface area (TPSA) is 24.1 Å². The van der Waals surface area contributed by atoms with Crippen LogP contribution in [0.3, 0.4) is 0 Å². The molecule has 0 atom stereocenters. The quantitative estimate of drug-likeness (QED) is 0.547. The van der Waals surface area contributed by atoms with E-state index in [1.54, 1.807) is 0 Å². The van der Waals surface area contributed by atoms with Gasteiger partial charge in [-0.3, -0.25) is 0 Å². The third-order valence-corrected chi connectivity index (χ3v) is 3.80. The Hall–Kier alpha value is -1.06. The standard InChI is InChI=1S/C20H28N2.2ClH/c1(9-15-21-17-19-11-5-3-6-12-19)2-10-16-22-18-20-13-7-4-8-14-20;;/h3-8,11-14,21-22H,1-2,9-10,15-18H2;2*1H. The fraction of sp³-hybridized carbons (Fsp3) is 0.400. The van der Waals surface area contributed by atoms with Crippen molar-refractivity contribution < 1.29 is 0 Å². The van der Waals surface area contributed by atoms with Crippen molar-refractivity contribution in [3.8, 4) is 0 Å². The number of hydrogen-bond acceptors (Lipinski definition) is 2. The fourth-order valence-corrected chi connectivity index (χ4v) is 2.51. The van der Waals surface area contributed by atoms with Gasteiger partial charge in [-0.05, 0) is 37.1 Å². The van der Waals surface area contributed by atoms with Crippen LogP contribution in [0, 0.1) is 0 Å². The number of halogens is 2. The van der Waals surface area contributed by atoms with Gasteiger partial charge in [-0.15, -0.1) is 24.8 Å². The number of nitrogens with one attached hydrogen (secondary N) is 2. The molecule has 2 N–H and O–H groups in total. The Balaban J connectivity index is 0.00000264. The zero-order chi connectivity index (χ0) is 15.3. The van der Waals surface area contributed by atoms with E-state index in [2.05, 4.69) is 71.3 Å². The summed E-state index contributed by atoms with van der Waals surface area (Å²) in [5, 5.41) is 7.02. The molecule has 0 unspecified atom stereocenters. The predicted molar refractivity (Wildman–Crippen MR) is 109 cm³/mol. The molecular formula is C20H30Cl2N2. The average Bonchev–Trinajstić information content (AvgIpc) is 2.58. The highest BCUT2D eigenvalue weighted by molar-refractivity contribution is 5.85. The Morgan fingerprint density at radius 3 is 1.25 bits per heavy atom. The summed E-state index contributed by atoms with van der Waals surface area (Å²) in [5.41, 5.74) is 2.74. The molecule has 0 aliphatic rings. The number of hydrogen-bond donors (Lipinski definition) is 2. The summed E-state index contributed by atoms with van der Waals surface area (Å²) >= 11 is 0. The van der Waals surface area contributed by atoms with Crippen LogP contribution in [-0.2, 0) is 13.1 Å². The maximum atomic E-state index is 3.51. The van der Waals surface area contributed by atoms with Gasteiger partial charge in [0.2, 0.25) is 0 Å². The number of unbranched alkanes of at least 4 members (excludes halogenated alkanes) is 3. The van der Waals surface area contributed by atoms with E-state index in [1.165, 1.54) is 36.8 Å². The van der Waals surface area contributed by atoms with E-state index in [0.29, 0.717) is 0 Å². The zero-order valence-corrected chi connectivity index (χ0v) is 15.9. The molecule has 0 saturated carbocycles. The molecule has 0 heterocycles. The highest BCUT2D eigenvalue weighted by atomic mass is 35.5. The van der Waals surface area contributed by atoms with Crippen molar-refractivity contribution in [1.82, 2.24) is 10.6 Å². The first-order valence-corrected chi connectivity index (χ1v) is 8.44. The molecule has 134 valence electrons. The molecule has 2 aromatic rings. The van der Waals surface area contributed by atoms with Crippen LogP contribution in [0.5, 0.6) is 0 Å². The Morgan fingerprint density at radius 2 is 0.875 bits per heavy atom. The minimum atomic E-state index is 0. The lowest BCUT2D eigenvalue weighted by Gasteiger charge is -2.06. The summed E-state index contributed by atoms with van der Waals surface area (Å²) in [4.78, 5) is 0. The van der Waals surface area contributed by atoms with Gasteiger partial charge in [0.15, 0.2) is 0 Å². The molecular weight excluding hydrogens is 339 g/mol. The van der Waals surface area contributed by atoms with Crippen LogP contribution in [0.25, 0.3) is 0 Å². The molecule has 0 aliphatic carbocycles. The van der Waals surface area contributed by atoms with E-state index in [1.807, 2.05) is 0 Å². The maximum Gasteiger partial charge on any atom is 0.0205 e. The second-order valence-electron chi connectivity index (χ2n) is 5.74. The maximum absolute atomic E-state index is 3.51. The molecule has 2 aromatic carbocycles. The van der Waals surface area contributed by atoms with Crippen LogP contribution in [-0.4, -0.2) is 13.1 Å². The van der Waals surface area contributed by atoms with Gasteiger partial charge in [0, 0.05) is 13.1 Å². The van der Waals surface area contributed by atoms with Gasteiger partial charge in [0.05, 0.1) is 0 Å². The third-order valence-electron chi connectivity index (χ3n) is 3.80. The Morgan fingerprint density at radius 1 is 0.500 bits per heavy atom. The van der Waals surface area contributed by atoms with Gasteiger partial charge >= 0.3 is 0 Å². The first-order valence-electron chi connectivity index (χ1n) is 8.44. The minimum absolute atomic E-state index is 0. The van der Waals surface area contributed by atoms with E-state index in [4.69, 9.17) is 0 Å². The molecule has 24 heavy (non-hydrogen) atoms. The van der Waals surface area contributed by atoms with Crippen LogP contribution in [0.4, 0.5) is 0 Å². The minimum Gasteiger partial charge on any atom is -0.313 e. The van der Waals surface area contributed by atoms with E-state index >= 15 is 0 Å². The lowest BCUT2D eigenvalue weighted by Crippen LogP contribution is -2.15. The molecule has 2 nitrogen and oxygen atoms in total. The summed E-state index contributed by atoms with van der Waals surface area (Å²) < 4.78 is 0. The van der Waals surface area contributed by atoms with Crippen LogP contribution in [0.15, 0.2) is 60.7 Å². The monoisotopic (exact) mass is 368 g/mol. The highest BCUT2D eigenvalue weighted by Crippen LogP contribution is 2.01. The van der Waals surface area contributed by atoms with Gasteiger partial charge in [0.1, 0.15) is 0 Å². The molecule has 0 fully saturated rings. The summed E-state index contributed by atoms with van der Waals surface area (Å²) in [6.45, 7) is 4.21. The van der Waals surface area contributed by atoms with Crippen molar-refractivity contribution in [2.24, 2.45) is 0 Å². The van der Waals surface area contributed by atoms with Crippen molar-refractivity contribution in [2.75, 3.05) is 13.1 Å². The zero-order valence-electron chi connectivity index (χ0n) is 14.2. The van der Waals surface area contributed by atoms with Crippen LogP contribution >= 0.6 is 24.8 Å². The first kappa shape index (κ1) is 22.9.